The Hall–Kier alpha value is -2.61. The lowest BCUT2D eigenvalue weighted by Gasteiger charge is -2.12. The molecule has 0 spiro atoms. The van der Waals surface area contributed by atoms with Crippen LogP contribution < -0.4 is 4.74 Å². The first-order chi connectivity index (χ1) is 10.7. The van der Waals surface area contributed by atoms with Crippen molar-refractivity contribution in [2.24, 2.45) is 0 Å². The third-order valence-electron chi connectivity index (χ3n) is 3.90. The summed E-state index contributed by atoms with van der Waals surface area (Å²) < 4.78 is 5.29. The first kappa shape index (κ1) is 14.3. The maximum atomic E-state index is 12.9. The number of hydrogen-bond donors (Lipinski definition) is 0. The van der Waals surface area contributed by atoms with Gasteiger partial charge >= 0.3 is 0 Å². The van der Waals surface area contributed by atoms with E-state index in [1.807, 2.05) is 48.5 Å². The lowest BCUT2D eigenvalue weighted by Crippen LogP contribution is -2.05. The Bertz CT molecular complexity index is 768. The minimum absolute atomic E-state index is 0.0277. The fourth-order valence-corrected chi connectivity index (χ4v) is 2.71. The fourth-order valence-electron chi connectivity index (χ4n) is 2.71. The molecule has 0 amide bonds. The molecule has 2 heteroatoms. The number of carbonyl (C=O) groups is 1. The van der Waals surface area contributed by atoms with Gasteiger partial charge in [-0.3, -0.25) is 4.79 Å². The Morgan fingerprint density at radius 1 is 1.09 bits per heavy atom. The number of ketones is 1. The van der Waals surface area contributed by atoms with Crippen LogP contribution in [0.15, 0.2) is 66.3 Å². The van der Waals surface area contributed by atoms with Crippen molar-refractivity contribution in [2.75, 3.05) is 7.11 Å². The van der Waals surface area contributed by atoms with Gasteiger partial charge in [0.25, 0.3) is 0 Å². The summed E-state index contributed by atoms with van der Waals surface area (Å²) in [4.78, 5) is 12.9. The van der Waals surface area contributed by atoms with E-state index in [1.54, 1.807) is 7.11 Å². The molecule has 0 N–H and O–H groups in total. The average molecular weight is 290 g/mol. The number of benzene rings is 2. The first-order valence-corrected chi connectivity index (χ1v) is 7.34. The van der Waals surface area contributed by atoms with Crippen molar-refractivity contribution < 1.29 is 9.53 Å². The molecular formula is C20H18O2. The van der Waals surface area contributed by atoms with E-state index in [9.17, 15) is 4.79 Å². The quantitative estimate of drug-likeness (QED) is 0.765. The van der Waals surface area contributed by atoms with Crippen LogP contribution in [0.5, 0.6) is 5.75 Å². The van der Waals surface area contributed by atoms with E-state index in [0.717, 1.165) is 12.0 Å². The molecule has 0 heterocycles. The Labute approximate surface area is 130 Å². The van der Waals surface area contributed by atoms with E-state index in [-0.39, 0.29) is 5.78 Å². The normalized spacial score (nSPS) is 13.5. The van der Waals surface area contributed by atoms with Gasteiger partial charge in [0.05, 0.1) is 7.11 Å². The van der Waals surface area contributed by atoms with E-state index >= 15 is 0 Å². The molecule has 0 saturated carbocycles. The molecule has 1 aliphatic carbocycles. The van der Waals surface area contributed by atoms with Gasteiger partial charge < -0.3 is 4.74 Å². The molecule has 22 heavy (non-hydrogen) atoms. The molecule has 0 bridgehead atoms. The van der Waals surface area contributed by atoms with Crippen LogP contribution in [0, 0.1) is 0 Å². The third kappa shape index (κ3) is 2.73. The zero-order valence-electron chi connectivity index (χ0n) is 12.8. The van der Waals surface area contributed by atoms with Crippen LogP contribution in [0.25, 0.3) is 5.57 Å². The van der Waals surface area contributed by atoms with Crippen molar-refractivity contribution in [1.82, 2.24) is 0 Å². The summed E-state index contributed by atoms with van der Waals surface area (Å²) in [7, 11) is 1.62. The lowest BCUT2D eigenvalue weighted by molar-refractivity contribution is 0.103. The van der Waals surface area contributed by atoms with Crippen LogP contribution >= 0.6 is 0 Å². The van der Waals surface area contributed by atoms with Crippen LogP contribution in [0.3, 0.4) is 0 Å². The maximum absolute atomic E-state index is 12.9. The number of carbonyl (C=O) groups excluding carboxylic acids is 1. The number of methoxy groups -OCH3 is 1. The first-order valence-electron chi connectivity index (χ1n) is 7.34. The maximum Gasteiger partial charge on any atom is 0.193 e. The van der Waals surface area contributed by atoms with Crippen molar-refractivity contribution in [3.05, 3.63) is 82.9 Å². The molecule has 0 radical (unpaired) electrons. The van der Waals surface area contributed by atoms with Crippen molar-refractivity contribution in [3.63, 3.8) is 0 Å². The molecule has 110 valence electrons. The van der Waals surface area contributed by atoms with Crippen molar-refractivity contribution >= 4 is 11.4 Å². The molecule has 0 unspecified atom stereocenters. The lowest BCUT2D eigenvalue weighted by atomic mass is 9.93. The predicted molar refractivity (Wildman–Crippen MR) is 89.2 cm³/mol. The van der Waals surface area contributed by atoms with Gasteiger partial charge in [-0.15, -0.1) is 0 Å². The molecule has 2 aromatic rings. The van der Waals surface area contributed by atoms with Gasteiger partial charge in [-0.2, -0.15) is 0 Å². The Balaban J connectivity index is 2.08. The van der Waals surface area contributed by atoms with Gasteiger partial charge in [-0.05, 0) is 36.6 Å². The Kier molecular flexibility index (Phi) is 3.92. The fraction of sp³-hybridized carbons (Fsp3) is 0.150. The topological polar surface area (TPSA) is 26.3 Å². The molecule has 3 rings (SSSR count). The number of hydrogen-bond acceptors (Lipinski definition) is 2. The summed E-state index contributed by atoms with van der Waals surface area (Å²) >= 11 is 0. The van der Waals surface area contributed by atoms with Crippen LogP contribution in [-0.2, 0) is 0 Å². The van der Waals surface area contributed by atoms with E-state index in [0.29, 0.717) is 16.9 Å². The second-order valence-corrected chi connectivity index (χ2v) is 5.43. The summed E-state index contributed by atoms with van der Waals surface area (Å²) in [6.45, 7) is 2.08. The highest BCUT2D eigenvalue weighted by Crippen LogP contribution is 2.32. The molecule has 2 aromatic carbocycles. The zero-order valence-corrected chi connectivity index (χ0v) is 12.8. The summed E-state index contributed by atoms with van der Waals surface area (Å²) in [6.07, 6.45) is 5.19. The molecule has 0 aromatic heterocycles. The number of rotatable bonds is 4. The monoisotopic (exact) mass is 290 g/mol. The van der Waals surface area contributed by atoms with Gasteiger partial charge in [0, 0.05) is 11.1 Å². The highest BCUT2D eigenvalue weighted by molar-refractivity contribution is 6.12. The van der Waals surface area contributed by atoms with Gasteiger partial charge in [0.15, 0.2) is 5.78 Å². The van der Waals surface area contributed by atoms with E-state index < -0.39 is 0 Å². The van der Waals surface area contributed by atoms with Crippen molar-refractivity contribution in [1.29, 1.82) is 0 Å². The van der Waals surface area contributed by atoms with Crippen molar-refractivity contribution in [2.45, 2.75) is 13.3 Å². The number of ether oxygens (including phenoxy) is 1. The third-order valence-corrected chi connectivity index (χ3v) is 3.90. The summed E-state index contributed by atoms with van der Waals surface area (Å²) in [6, 6.07) is 15.1. The molecular weight excluding hydrogens is 272 g/mol. The van der Waals surface area contributed by atoms with Gasteiger partial charge in [0.2, 0.25) is 0 Å². The zero-order chi connectivity index (χ0) is 15.5. The van der Waals surface area contributed by atoms with Crippen LogP contribution in [0.4, 0.5) is 0 Å². The van der Waals surface area contributed by atoms with Gasteiger partial charge in [-0.25, -0.2) is 0 Å². The van der Waals surface area contributed by atoms with E-state index in [2.05, 4.69) is 19.1 Å². The van der Waals surface area contributed by atoms with Crippen LogP contribution in [-0.4, -0.2) is 12.9 Å². The molecule has 0 atom stereocenters. The summed E-state index contributed by atoms with van der Waals surface area (Å²) in [5, 5.41) is 0. The minimum Gasteiger partial charge on any atom is -0.497 e. The van der Waals surface area contributed by atoms with Crippen LogP contribution in [0.1, 0.15) is 34.8 Å². The average Bonchev–Trinajstić information content (AvgIpc) is 3.00. The molecule has 1 aliphatic rings. The SMILES string of the molecule is COc1ccc(C2=CC(C)=CC2)c(C(=O)c2ccccc2)c1. The highest BCUT2D eigenvalue weighted by atomic mass is 16.5. The minimum atomic E-state index is 0.0277. The number of allylic oxidation sites excluding steroid dienone is 4. The molecule has 0 aliphatic heterocycles. The molecule has 0 saturated heterocycles. The molecule has 0 fully saturated rings. The van der Waals surface area contributed by atoms with Crippen molar-refractivity contribution in [3.8, 4) is 5.75 Å². The summed E-state index contributed by atoms with van der Waals surface area (Å²) in [5.74, 6) is 0.728. The summed E-state index contributed by atoms with van der Waals surface area (Å²) in [5.41, 5.74) is 4.80. The Morgan fingerprint density at radius 3 is 2.50 bits per heavy atom. The predicted octanol–water partition coefficient (Wildman–Crippen LogP) is 4.66. The standard InChI is InChI=1S/C20H18O2/c1-14-8-9-16(12-14)18-11-10-17(22-2)13-19(18)20(21)15-6-4-3-5-7-15/h3-8,10-13H,9H2,1-2H3. The van der Waals surface area contributed by atoms with E-state index in [4.69, 9.17) is 4.74 Å². The second kappa shape index (κ2) is 6.02. The van der Waals surface area contributed by atoms with E-state index in [1.165, 1.54) is 11.1 Å². The van der Waals surface area contributed by atoms with Gasteiger partial charge in [0.1, 0.15) is 5.75 Å². The smallest absolute Gasteiger partial charge is 0.193 e. The largest absolute Gasteiger partial charge is 0.497 e. The highest BCUT2D eigenvalue weighted by Gasteiger charge is 2.18. The molecule has 2 nitrogen and oxygen atoms in total. The second-order valence-electron chi connectivity index (χ2n) is 5.43. The van der Waals surface area contributed by atoms with Crippen LogP contribution in [0.2, 0.25) is 0 Å². The van der Waals surface area contributed by atoms with Gasteiger partial charge in [-0.1, -0.05) is 54.1 Å². The Morgan fingerprint density at radius 2 is 1.86 bits per heavy atom.